The molecule has 5 aromatic rings. The highest BCUT2D eigenvalue weighted by Crippen LogP contribution is 2.37. The predicted molar refractivity (Wildman–Crippen MR) is 157 cm³/mol. The minimum absolute atomic E-state index is 0.00120. The summed E-state index contributed by atoms with van der Waals surface area (Å²) >= 11 is 5.27. The van der Waals surface area contributed by atoms with Gasteiger partial charge in [-0.25, -0.2) is 4.39 Å². The maximum atomic E-state index is 15.0. The number of carbonyl (C=O) groups is 1. The molecule has 4 aromatic carbocycles. The topological polar surface area (TPSA) is 81.7 Å². The molecule has 0 aliphatic rings. The molecule has 0 saturated carbocycles. The van der Waals surface area contributed by atoms with Gasteiger partial charge in [-0.05, 0) is 59.7 Å². The van der Waals surface area contributed by atoms with Crippen LogP contribution in [0.3, 0.4) is 0 Å². The number of nitrogens with one attached hydrogen (secondary N) is 2. The highest BCUT2D eigenvalue weighted by molar-refractivity contribution is 7.80. The zero-order valence-corrected chi connectivity index (χ0v) is 22.4. The number of hydrogen-bond acceptors (Lipinski definition) is 6. The molecule has 1 amide bonds. The van der Waals surface area contributed by atoms with E-state index in [9.17, 15) is 9.18 Å². The molecule has 0 aliphatic carbocycles. The maximum Gasteiger partial charge on any atom is 0.257 e. The fourth-order valence-electron chi connectivity index (χ4n) is 4.10. The van der Waals surface area contributed by atoms with E-state index in [2.05, 4.69) is 15.6 Å². The lowest BCUT2D eigenvalue weighted by molar-refractivity contribution is 0.0977. The molecule has 0 fully saturated rings. The Hall–Kier alpha value is -5.02. The van der Waals surface area contributed by atoms with E-state index in [1.807, 2.05) is 42.5 Å². The van der Waals surface area contributed by atoms with E-state index in [-0.39, 0.29) is 16.8 Å². The first-order chi connectivity index (χ1) is 19.4. The number of carbonyl (C=O) groups excluding carboxylic acids is 1. The van der Waals surface area contributed by atoms with Crippen LogP contribution < -0.4 is 24.8 Å². The van der Waals surface area contributed by atoms with Crippen LogP contribution in [0.15, 0.2) is 97.2 Å². The Morgan fingerprint density at radius 2 is 1.50 bits per heavy atom. The molecule has 0 radical (unpaired) electrons. The quantitative estimate of drug-likeness (QED) is 0.211. The SMILES string of the molecule is COc1cc2nccc(Oc3ccc(NC(=S)NC(=O)c4ccc(-c5ccccc5)cc4)cc3F)c2cc1OC. The lowest BCUT2D eigenvalue weighted by atomic mass is 10.0. The number of anilines is 1. The van der Waals surface area contributed by atoms with Crippen LogP contribution in [0, 0.1) is 5.82 Å². The van der Waals surface area contributed by atoms with Crippen molar-refractivity contribution >= 4 is 39.8 Å². The van der Waals surface area contributed by atoms with Crippen LogP contribution in [0.25, 0.3) is 22.0 Å². The monoisotopic (exact) mass is 553 g/mol. The fourth-order valence-corrected chi connectivity index (χ4v) is 4.31. The van der Waals surface area contributed by atoms with Crippen LogP contribution in [-0.2, 0) is 0 Å². The van der Waals surface area contributed by atoms with Crippen LogP contribution in [-0.4, -0.2) is 30.2 Å². The number of methoxy groups -OCH3 is 2. The number of rotatable bonds is 7. The summed E-state index contributed by atoms with van der Waals surface area (Å²) in [4.78, 5) is 17.0. The van der Waals surface area contributed by atoms with Crippen molar-refractivity contribution in [3.8, 4) is 34.1 Å². The molecule has 200 valence electrons. The third-order valence-electron chi connectivity index (χ3n) is 6.10. The van der Waals surface area contributed by atoms with Crippen LogP contribution in [0.4, 0.5) is 10.1 Å². The molecule has 0 aliphatic heterocycles. The van der Waals surface area contributed by atoms with Gasteiger partial charge in [0, 0.05) is 35.0 Å². The number of ether oxygens (including phenoxy) is 3. The number of amides is 1. The highest BCUT2D eigenvalue weighted by atomic mass is 32.1. The standard InChI is InChI=1S/C31H24FN3O4S/c1-37-28-17-23-25(18-29(28)38-2)33-15-14-26(23)39-27-13-12-22(16-24(27)32)34-31(40)35-30(36)21-10-8-20(9-11-21)19-6-4-3-5-7-19/h3-18H,1-2H3,(H2,34,35,36,40). The number of pyridine rings is 1. The lowest BCUT2D eigenvalue weighted by Gasteiger charge is -2.14. The van der Waals surface area contributed by atoms with Crippen LogP contribution in [0.5, 0.6) is 23.0 Å². The predicted octanol–water partition coefficient (Wildman–Crippen LogP) is 6.98. The average Bonchev–Trinajstić information content (AvgIpc) is 2.98. The van der Waals surface area contributed by atoms with Crippen LogP contribution in [0.2, 0.25) is 0 Å². The van der Waals surface area contributed by atoms with E-state index in [4.69, 9.17) is 26.4 Å². The van der Waals surface area contributed by atoms with Gasteiger partial charge in [-0.2, -0.15) is 0 Å². The molecule has 0 bridgehead atoms. The summed E-state index contributed by atoms with van der Waals surface area (Å²) in [5.74, 6) is 0.409. The number of aromatic nitrogens is 1. The van der Waals surface area contributed by atoms with E-state index in [0.717, 1.165) is 11.1 Å². The van der Waals surface area contributed by atoms with E-state index in [1.165, 1.54) is 26.4 Å². The van der Waals surface area contributed by atoms with Crippen LogP contribution >= 0.6 is 12.2 Å². The highest BCUT2D eigenvalue weighted by Gasteiger charge is 2.14. The summed E-state index contributed by atoms with van der Waals surface area (Å²) in [6, 6.07) is 26.4. The van der Waals surface area contributed by atoms with Crippen molar-refractivity contribution in [1.29, 1.82) is 0 Å². The first-order valence-electron chi connectivity index (χ1n) is 12.2. The van der Waals surface area contributed by atoms with Crippen molar-refractivity contribution in [2.75, 3.05) is 19.5 Å². The zero-order valence-electron chi connectivity index (χ0n) is 21.6. The summed E-state index contributed by atoms with van der Waals surface area (Å²) in [6.07, 6.45) is 1.56. The zero-order chi connectivity index (χ0) is 28.1. The molecular weight excluding hydrogens is 529 g/mol. The summed E-state index contributed by atoms with van der Waals surface area (Å²) in [5.41, 5.74) is 3.44. The van der Waals surface area contributed by atoms with Gasteiger partial charge in [0.05, 0.1) is 19.7 Å². The van der Waals surface area contributed by atoms with Crippen molar-refractivity contribution in [3.63, 3.8) is 0 Å². The maximum absolute atomic E-state index is 15.0. The normalized spacial score (nSPS) is 10.6. The number of thiocarbonyl (C=S) groups is 1. The molecule has 1 aromatic heterocycles. The van der Waals surface area contributed by atoms with Crippen molar-refractivity contribution in [2.24, 2.45) is 0 Å². The average molecular weight is 554 g/mol. The van der Waals surface area contributed by atoms with Crippen LogP contribution in [0.1, 0.15) is 10.4 Å². The molecule has 5 rings (SSSR count). The Bertz CT molecular complexity index is 1700. The Morgan fingerprint density at radius 3 is 2.20 bits per heavy atom. The van der Waals surface area contributed by atoms with Crippen molar-refractivity contribution in [1.82, 2.24) is 10.3 Å². The second-order valence-electron chi connectivity index (χ2n) is 8.63. The Balaban J connectivity index is 1.25. The minimum atomic E-state index is -0.624. The number of halogens is 1. The molecule has 0 unspecified atom stereocenters. The number of fused-ring (bicyclic) bond motifs is 1. The van der Waals surface area contributed by atoms with Crippen molar-refractivity contribution in [3.05, 3.63) is 109 Å². The first-order valence-corrected chi connectivity index (χ1v) is 12.6. The molecule has 0 spiro atoms. The third kappa shape index (κ3) is 5.84. The Kier molecular flexibility index (Phi) is 7.84. The van der Waals surface area contributed by atoms with E-state index in [0.29, 0.717) is 39.4 Å². The number of benzene rings is 4. The molecule has 0 saturated heterocycles. The Labute approximate surface area is 235 Å². The summed E-state index contributed by atoms with van der Waals surface area (Å²) in [7, 11) is 3.07. The molecule has 7 nitrogen and oxygen atoms in total. The second-order valence-corrected chi connectivity index (χ2v) is 9.04. The van der Waals surface area contributed by atoms with Gasteiger partial charge in [-0.1, -0.05) is 42.5 Å². The first kappa shape index (κ1) is 26.6. The molecular formula is C31H24FN3O4S. The summed E-state index contributed by atoms with van der Waals surface area (Å²) in [5, 5.41) is 6.11. The summed E-state index contributed by atoms with van der Waals surface area (Å²) < 4.78 is 31.6. The lowest BCUT2D eigenvalue weighted by Crippen LogP contribution is -2.34. The molecule has 2 N–H and O–H groups in total. The smallest absolute Gasteiger partial charge is 0.257 e. The minimum Gasteiger partial charge on any atom is -0.493 e. The molecule has 1 heterocycles. The Morgan fingerprint density at radius 1 is 0.800 bits per heavy atom. The van der Waals surface area contributed by atoms with E-state index in [1.54, 1.807) is 42.6 Å². The van der Waals surface area contributed by atoms with E-state index >= 15 is 0 Å². The van der Waals surface area contributed by atoms with Gasteiger partial charge >= 0.3 is 0 Å². The van der Waals surface area contributed by atoms with Crippen molar-refractivity contribution in [2.45, 2.75) is 0 Å². The molecule has 0 atom stereocenters. The third-order valence-corrected chi connectivity index (χ3v) is 6.30. The van der Waals surface area contributed by atoms with Gasteiger partial charge in [0.15, 0.2) is 28.2 Å². The number of nitrogens with zero attached hydrogens (tertiary/aromatic N) is 1. The second kappa shape index (κ2) is 11.8. The fraction of sp³-hybridized carbons (Fsp3) is 0.0645. The van der Waals surface area contributed by atoms with Gasteiger partial charge in [0.2, 0.25) is 0 Å². The van der Waals surface area contributed by atoms with Gasteiger partial charge in [-0.3, -0.25) is 15.1 Å². The van der Waals surface area contributed by atoms with Crippen molar-refractivity contribution < 1.29 is 23.4 Å². The molecule has 40 heavy (non-hydrogen) atoms. The summed E-state index contributed by atoms with van der Waals surface area (Å²) in [6.45, 7) is 0. The van der Waals surface area contributed by atoms with Gasteiger partial charge in [0.1, 0.15) is 5.75 Å². The number of hydrogen-bond donors (Lipinski definition) is 2. The van der Waals surface area contributed by atoms with Gasteiger partial charge in [0.25, 0.3) is 5.91 Å². The van der Waals surface area contributed by atoms with Gasteiger partial charge in [-0.15, -0.1) is 0 Å². The van der Waals surface area contributed by atoms with Gasteiger partial charge < -0.3 is 19.5 Å². The molecule has 9 heteroatoms. The van der Waals surface area contributed by atoms with E-state index < -0.39 is 5.82 Å². The largest absolute Gasteiger partial charge is 0.493 e.